The van der Waals surface area contributed by atoms with Gasteiger partial charge in [-0.3, -0.25) is 0 Å². The molecule has 0 radical (unpaired) electrons. The minimum absolute atomic E-state index is 0.591. The molecule has 0 aliphatic carbocycles. The third kappa shape index (κ3) is 3.69. The van der Waals surface area contributed by atoms with Crippen LogP contribution in [0.5, 0.6) is 0 Å². The first-order chi connectivity index (χ1) is 13.6. The predicted octanol–water partition coefficient (Wildman–Crippen LogP) is 5.81. The Labute approximate surface area is 200 Å². The molecule has 0 aromatic heterocycles. The van der Waals surface area contributed by atoms with Crippen LogP contribution in [0.4, 0.5) is 0 Å². The number of halogens is 6. The number of benzene rings is 3. The van der Waals surface area contributed by atoms with E-state index in [1.165, 1.54) is 0 Å². The summed E-state index contributed by atoms with van der Waals surface area (Å²) in [4.78, 5) is 0. The maximum absolute atomic E-state index is 6.61. The Morgan fingerprint density at radius 1 is 0.552 bits per heavy atom. The van der Waals surface area contributed by atoms with E-state index in [1.54, 1.807) is 36.4 Å². The van der Waals surface area contributed by atoms with E-state index in [0.29, 0.717) is 15.1 Å². The van der Waals surface area contributed by atoms with Crippen LogP contribution in [0.15, 0.2) is 72.8 Å². The SMILES string of the molecule is Clc1cc[c]([Sb]2([c]3ccc(Cl)cc3)([c]3ccc(Cl)cc3)[O]C(C(Cl)(Cl)Cl)[O]2)cc1. The number of alkyl halides is 3. The Kier molecular flexibility index (Phi) is 6.10. The summed E-state index contributed by atoms with van der Waals surface area (Å²) in [5.74, 6) is 0. The first-order valence-corrected chi connectivity index (χ1v) is 16.6. The monoisotopic (exact) mass is 616 g/mol. The quantitative estimate of drug-likeness (QED) is 0.272. The van der Waals surface area contributed by atoms with Crippen LogP contribution in [0.1, 0.15) is 0 Å². The molecule has 3 aromatic rings. The van der Waals surface area contributed by atoms with Crippen molar-refractivity contribution in [2.24, 2.45) is 0 Å². The van der Waals surface area contributed by atoms with E-state index >= 15 is 0 Å². The van der Waals surface area contributed by atoms with Gasteiger partial charge in [0, 0.05) is 0 Å². The second kappa shape index (κ2) is 7.92. The average molecular weight is 620 g/mol. The summed E-state index contributed by atoms with van der Waals surface area (Å²) in [5.41, 5.74) is 0. The Morgan fingerprint density at radius 2 is 0.828 bits per heavy atom. The fourth-order valence-electron chi connectivity index (χ4n) is 3.44. The zero-order valence-corrected chi connectivity index (χ0v) is 21.6. The zero-order chi connectivity index (χ0) is 20.9. The minimum atomic E-state index is -4.98. The van der Waals surface area contributed by atoms with Gasteiger partial charge >= 0.3 is 202 Å². The normalized spacial score (nSPS) is 21.6. The summed E-state index contributed by atoms with van der Waals surface area (Å²) in [6, 6.07) is 22.1. The Balaban J connectivity index is 2.04. The molecule has 0 bridgehead atoms. The van der Waals surface area contributed by atoms with Crippen molar-refractivity contribution in [1.29, 1.82) is 0 Å². The third-order valence-corrected chi connectivity index (χ3v) is 20.0. The standard InChI is InChI=1S/3C6H4Cl.C2HCl3O2.Sb/c3*7-6-4-2-1-3-5-6;3-2(4,5)1(6)7;/h3*2-5H;1H;/q;;;-2;+2. The van der Waals surface area contributed by atoms with Gasteiger partial charge in [-0.05, 0) is 0 Å². The number of hydrogen-bond donors (Lipinski definition) is 0. The molecular weight excluding hydrogens is 607 g/mol. The van der Waals surface area contributed by atoms with E-state index in [-0.39, 0.29) is 0 Å². The number of hydrogen-bond acceptors (Lipinski definition) is 2. The Hall–Kier alpha value is 0.138. The van der Waals surface area contributed by atoms with E-state index in [9.17, 15) is 0 Å². The van der Waals surface area contributed by atoms with Gasteiger partial charge < -0.3 is 0 Å². The van der Waals surface area contributed by atoms with Crippen molar-refractivity contribution in [2.75, 3.05) is 0 Å². The summed E-state index contributed by atoms with van der Waals surface area (Å²) in [6.45, 7) is 0. The van der Waals surface area contributed by atoms with Crippen LogP contribution in [0.2, 0.25) is 15.1 Å². The van der Waals surface area contributed by atoms with Crippen LogP contribution < -0.4 is 10.5 Å². The van der Waals surface area contributed by atoms with Crippen molar-refractivity contribution in [2.45, 2.75) is 10.1 Å². The second-order valence-corrected chi connectivity index (χ2v) is 21.2. The second-order valence-electron chi connectivity index (χ2n) is 6.47. The van der Waals surface area contributed by atoms with Crippen LogP contribution in [0.25, 0.3) is 0 Å². The summed E-state index contributed by atoms with van der Waals surface area (Å²) in [6.07, 6.45) is -1.03. The summed E-state index contributed by atoms with van der Waals surface area (Å²) in [5, 5.41) is 1.77. The molecule has 1 aliphatic rings. The fraction of sp³-hybridized carbons (Fsp3) is 0.100. The predicted molar refractivity (Wildman–Crippen MR) is 125 cm³/mol. The fourth-order valence-corrected chi connectivity index (χ4v) is 18.8. The van der Waals surface area contributed by atoms with Crippen LogP contribution >= 0.6 is 69.6 Å². The van der Waals surface area contributed by atoms with Crippen molar-refractivity contribution in [1.82, 2.24) is 0 Å². The van der Waals surface area contributed by atoms with E-state index in [0.717, 1.165) is 10.5 Å². The van der Waals surface area contributed by atoms with Crippen molar-refractivity contribution in [3.05, 3.63) is 87.9 Å². The van der Waals surface area contributed by atoms with E-state index in [4.69, 9.17) is 75.6 Å². The molecule has 1 saturated heterocycles. The van der Waals surface area contributed by atoms with Crippen molar-refractivity contribution in [3.63, 3.8) is 0 Å². The molecule has 0 spiro atoms. The maximum atomic E-state index is 6.61. The molecule has 0 N–H and O–H groups in total. The van der Waals surface area contributed by atoms with Gasteiger partial charge in [0.2, 0.25) is 0 Å². The van der Waals surface area contributed by atoms with E-state index in [1.807, 2.05) is 36.4 Å². The van der Waals surface area contributed by atoms with Crippen molar-refractivity contribution < 1.29 is 6.03 Å². The molecule has 1 aliphatic heterocycles. The molecule has 9 heteroatoms. The molecule has 1 heterocycles. The third-order valence-electron chi connectivity index (χ3n) is 4.75. The summed E-state index contributed by atoms with van der Waals surface area (Å²) in [7, 11) is 0. The van der Waals surface area contributed by atoms with Crippen LogP contribution in [0.3, 0.4) is 0 Å². The van der Waals surface area contributed by atoms with Gasteiger partial charge in [-0.1, -0.05) is 0 Å². The number of rotatable bonds is 3. The molecule has 4 rings (SSSR count). The van der Waals surface area contributed by atoms with Gasteiger partial charge in [0.05, 0.1) is 0 Å². The van der Waals surface area contributed by atoms with Crippen molar-refractivity contribution in [3.8, 4) is 0 Å². The molecule has 29 heavy (non-hydrogen) atoms. The van der Waals surface area contributed by atoms with Crippen molar-refractivity contribution >= 4 is 98.4 Å². The Morgan fingerprint density at radius 3 is 1.07 bits per heavy atom. The van der Waals surface area contributed by atoms with Crippen LogP contribution in [0, 0.1) is 0 Å². The van der Waals surface area contributed by atoms with E-state index < -0.39 is 28.3 Å². The zero-order valence-electron chi connectivity index (χ0n) is 14.5. The summed E-state index contributed by atoms with van der Waals surface area (Å²) >= 11 is 31.8. The van der Waals surface area contributed by atoms with E-state index in [2.05, 4.69) is 0 Å². The van der Waals surface area contributed by atoms with Gasteiger partial charge in [-0.15, -0.1) is 0 Å². The molecule has 0 saturated carbocycles. The first-order valence-electron chi connectivity index (χ1n) is 8.39. The van der Waals surface area contributed by atoms with Crippen LogP contribution in [-0.2, 0) is 6.03 Å². The van der Waals surface area contributed by atoms with Gasteiger partial charge in [-0.25, -0.2) is 0 Å². The molecule has 3 aromatic carbocycles. The summed E-state index contributed by atoms with van der Waals surface area (Å²) < 4.78 is 14.0. The molecule has 0 unspecified atom stereocenters. The van der Waals surface area contributed by atoms with Gasteiger partial charge in [0.15, 0.2) is 0 Å². The molecule has 2 nitrogen and oxygen atoms in total. The average Bonchev–Trinajstić information content (AvgIpc) is 2.64. The van der Waals surface area contributed by atoms with Gasteiger partial charge in [0.25, 0.3) is 0 Å². The van der Waals surface area contributed by atoms with Crippen LogP contribution in [-0.4, -0.2) is 28.3 Å². The molecule has 0 amide bonds. The molecule has 152 valence electrons. The molecule has 0 atom stereocenters. The molecular formula is C20H13Cl6O2Sb. The van der Waals surface area contributed by atoms with Gasteiger partial charge in [0.1, 0.15) is 0 Å². The topological polar surface area (TPSA) is 18.5 Å². The first kappa shape index (κ1) is 22.3. The Bertz CT molecular complexity index is 909. The molecule has 1 fully saturated rings. The van der Waals surface area contributed by atoms with Gasteiger partial charge in [-0.2, -0.15) is 0 Å².